The van der Waals surface area contributed by atoms with E-state index in [2.05, 4.69) is 31.3 Å². The minimum atomic E-state index is -0.692. The molecule has 8 nitrogen and oxygen atoms in total. The molecule has 4 N–H and O–H groups in total. The van der Waals surface area contributed by atoms with Crippen LogP contribution < -0.4 is 11.1 Å². The average molecular weight is 557 g/mol. The first-order chi connectivity index (χ1) is 18.9. The van der Waals surface area contributed by atoms with Crippen molar-refractivity contribution in [3.8, 4) is 5.75 Å². The van der Waals surface area contributed by atoms with Crippen molar-refractivity contribution in [3.05, 3.63) is 27.8 Å². The molecule has 0 spiro atoms. The molecule has 10 atom stereocenters. The summed E-state index contributed by atoms with van der Waals surface area (Å²) in [6.45, 7) is 10.1. The first-order valence-electron chi connectivity index (χ1n) is 15.4. The number of aliphatic hydroxyl groups excluding tert-OH is 2. The van der Waals surface area contributed by atoms with Crippen molar-refractivity contribution in [1.82, 2.24) is 5.43 Å². The molecule has 0 radical (unpaired) electrons. The molecule has 1 aromatic heterocycles. The van der Waals surface area contributed by atoms with Gasteiger partial charge in [0.1, 0.15) is 17.1 Å². The van der Waals surface area contributed by atoms with Crippen LogP contribution in [0.2, 0.25) is 0 Å². The Morgan fingerprint density at radius 3 is 2.62 bits per heavy atom. The van der Waals surface area contributed by atoms with E-state index in [1.807, 2.05) is 0 Å². The van der Waals surface area contributed by atoms with Crippen LogP contribution >= 0.6 is 0 Å². The van der Waals surface area contributed by atoms with Crippen LogP contribution in [0.4, 0.5) is 0 Å². The van der Waals surface area contributed by atoms with E-state index in [1.165, 1.54) is 18.9 Å². The zero-order chi connectivity index (χ0) is 29.0. The lowest BCUT2D eigenvalue weighted by Gasteiger charge is -2.62. The van der Waals surface area contributed by atoms with E-state index in [9.17, 15) is 24.9 Å². The Bertz CT molecular complexity index is 1210. The zero-order valence-electron chi connectivity index (χ0n) is 24.8. The number of hydrazone groups is 1. The first kappa shape index (κ1) is 29.3. The fraction of sp³-hybridized carbons (Fsp3) is 0.781. The summed E-state index contributed by atoms with van der Waals surface area (Å²) < 4.78 is 5.04. The fourth-order valence-electron chi connectivity index (χ4n) is 9.91. The van der Waals surface area contributed by atoms with Crippen molar-refractivity contribution in [2.45, 2.75) is 111 Å². The Hall–Kier alpha value is -2.19. The monoisotopic (exact) mass is 556 g/mol. The molecule has 0 bridgehead atoms. The lowest BCUT2D eigenvalue weighted by Crippen LogP contribution is -2.58. The van der Waals surface area contributed by atoms with Crippen LogP contribution in [0.3, 0.4) is 0 Å². The van der Waals surface area contributed by atoms with E-state index >= 15 is 0 Å². The molecule has 1 aromatic rings. The maximum absolute atomic E-state index is 12.7. The number of aromatic hydroxyl groups is 1. The summed E-state index contributed by atoms with van der Waals surface area (Å²) in [7, 11) is 0. The predicted molar refractivity (Wildman–Crippen MR) is 153 cm³/mol. The summed E-state index contributed by atoms with van der Waals surface area (Å²) in [4.78, 5) is 24.8. The van der Waals surface area contributed by atoms with Gasteiger partial charge in [0.15, 0.2) is 0 Å². The molecular formula is C32H48N2O6. The third-order valence-electron chi connectivity index (χ3n) is 12.1. The standard InChI is InChI=1S/C32H48N2O6/c1-17(6-11-28(38)34-33-19(3)29-26(36)14-18(2)40-30(29)39)23-9-10-24-22-8-7-20-15-21(35)12-13-31(20,4)25(22)16-27(37)32(23,24)5/h14,17,20-25,27,35-37H,6-13,15-16H2,1-5H3,(H,34,38)/t17-,20+,21+,22-,23-,24+,25-,27-,31-,32+/m0/s1. The van der Waals surface area contributed by atoms with Crippen molar-refractivity contribution in [2.24, 2.45) is 51.4 Å². The normalized spacial score (nSPS) is 40.1. The Kier molecular flexibility index (Phi) is 7.99. The lowest BCUT2D eigenvalue weighted by molar-refractivity contribution is -0.174. The molecule has 1 amide bonds. The molecule has 0 aliphatic heterocycles. The minimum absolute atomic E-state index is 0.0546. The quantitative estimate of drug-likeness (QED) is 0.291. The highest BCUT2D eigenvalue weighted by Gasteiger charge is 2.63. The van der Waals surface area contributed by atoms with Crippen molar-refractivity contribution < 1.29 is 24.5 Å². The number of rotatable bonds is 6. The number of aliphatic hydroxyl groups is 2. The number of amides is 1. The van der Waals surface area contributed by atoms with E-state index in [4.69, 9.17) is 4.42 Å². The van der Waals surface area contributed by atoms with Crippen LogP contribution in [0.15, 0.2) is 20.4 Å². The third kappa shape index (κ3) is 4.93. The fourth-order valence-corrected chi connectivity index (χ4v) is 9.91. The van der Waals surface area contributed by atoms with E-state index < -0.39 is 5.63 Å². The van der Waals surface area contributed by atoms with Crippen molar-refractivity contribution >= 4 is 11.6 Å². The van der Waals surface area contributed by atoms with E-state index in [1.54, 1.807) is 13.8 Å². The molecule has 0 saturated heterocycles. The van der Waals surface area contributed by atoms with E-state index in [0.717, 1.165) is 38.5 Å². The second-order valence-electron chi connectivity index (χ2n) is 14.0. The van der Waals surface area contributed by atoms with Gasteiger partial charge in [-0.3, -0.25) is 4.79 Å². The number of hydrogen-bond donors (Lipinski definition) is 4. The van der Waals surface area contributed by atoms with Gasteiger partial charge < -0.3 is 19.7 Å². The summed E-state index contributed by atoms with van der Waals surface area (Å²) in [5.41, 5.74) is 2.06. The Balaban J connectivity index is 1.22. The molecule has 222 valence electrons. The van der Waals surface area contributed by atoms with Gasteiger partial charge in [0.2, 0.25) is 5.91 Å². The van der Waals surface area contributed by atoms with Crippen LogP contribution in [-0.2, 0) is 4.79 Å². The van der Waals surface area contributed by atoms with Crippen LogP contribution in [0, 0.1) is 53.3 Å². The van der Waals surface area contributed by atoms with Crippen LogP contribution in [-0.4, -0.2) is 39.1 Å². The summed E-state index contributed by atoms with van der Waals surface area (Å²) in [5, 5.41) is 36.2. The summed E-state index contributed by atoms with van der Waals surface area (Å²) in [5.74, 6) is 2.72. The molecule has 0 aromatic carbocycles. The topological polar surface area (TPSA) is 132 Å². The SMILES string of the molecule is CC(=NNC(=O)CC[C@H](C)[C@@H]1CC[C@@H]2[C@@H]3CC[C@@H]4C[C@H](O)CC[C@]4(C)[C@H]3C[C@H](O)[C@@]21C)c1c(O)cc(C)oc1=O. The van der Waals surface area contributed by atoms with Gasteiger partial charge in [-0.2, -0.15) is 5.10 Å². The maximum Gasteiger partial charge on any atom is 0.348 e. The summed E-state index contributed by atoms with van der Waals surface area (Å²) >= 11 is 0. The van der Waals surface area contributed by atoms with Gasteiger partial charge in [0.25, 0.3) is 0 Å². The van der Waals surface area contributed by atoms with Crippen LogP contribution in [0.1, 0.15) is 103 Å². The van der Waals surface area contributed by atoms with Gasteiger partial charge in [-0.1, -0.05) is 20.8 Å². The van der Waals surface area contributed by atoms with Gasteiger partial charge in [-0.15, -0.1) is 0 Å². The van der Waals surface area contributed by atoms with Gasteiger partial charge in [-0.05, 0) is 118 Å². The summed E-state index contributed by atoms with van der Waals surface area (Å²) in [6.07, 6.45) is 8.87. The molecule has 5 rings (SSSR count). The Morgan fingerprint density at radius 2 is 1.90 bits per heavy atom. The van der Waals surface area contributed by atoms with Gasteiger partial charge in [0, 0.05) is 12.5 Å². The number of carbonyl (C=O) groups excluding carboxylic acids is 1. The molecule has 40 heavy (non-hydrogen) atoms. The number of nitrogens with zero attached hydrogens (tertiary/aromatic N) is 1. The number of hydrogen-bond acceptors (Lipinski definition) is 7. The highest BCUT2D eigenvalue weighted by molar-refractivity contribution is 6.01. The second kappa shape index (κ2) is 10.9. The van der Waals surface area contributed by atoms with Crippen molar-refractivity contribution in [1.29, 1.82) is 0 Å². The lowest BCUT2D eigenvalue weighted by atomic mass is 9.43. The zero-order valence-corrected chi connectivity index (χ0v) is 24.8. The van der Waals surface area contributed by atoms with Crippen molar-refractivity contribution in [2.75, 3.05) is 0 Å². The minimum Gasteiger partial charge on any atom is -0.507 e. The average Bonchev–Trinajstić information content (AvgIpc) is 3.25. The molecule has 0 unspecified atom stereocenters. The summed E-state index contributed by atoms with van der Waals surface area (Å²) in [6, 6.07) is 1.35. The molecular weight excluding hydrogens is 508 g/mol. The smallest absolute Gasteiger partial charge is 0.348 e. The molecule has 4 fully saturated rings. The predicted octanol–water partition coefficient (Wildman–Crippen LogP) is 4.90. The van der Waals surface area contributed by atoms with Crippen LogP contribution in [0.5, 0.6) is 5.75 Å². The molecule has 1 heterocycles. The first-order valence-corrected chi connectivity index (χ1v) is 15.4. The molecule has 4 saturated carbocycles. The number of nitrogens with one attached hydrogen (secondary N) is 1. The van der Waals surface area contributed by atoms with Gasteiger partial charge in [0.05, 0.1) is 17.9 Å². The Labute approximate surface area is 237 Å². The third-order valence-corrected chi connectivity index (χ3v) is 12.1. The number of aryl methyl sites for hydroxylation is 1. The van der Waals surface area contributed by atoms with E-state index in [-0.39, 0.29) is 51.9 Å². The number of carbonyl (C=O) groups is 1. The van der Waals surface area contributed by atoms with Gasteiger partial charge in [-0.25, -0.2) is 10.2 Å². The highest BCUT2D eigenvalue weighted by atomic mass is 16.4. The molecule has 4 aliphatic carbocycles. The van der Waals surface area contributed by atoms with Gasteiger partial charge >= 0.3 is 5.63 Å². The number of fused-ring (bicyclic) bond motifs is 5. The van der Waals surface area contributed by atoms with Crippen LogP contribution in [0.25, 0.3) is 0 Å². The largest absolute Gasteiger partial charge is 0.507 e. The second-order valence-corrected chi connectivity index (χ2v) is 14.0. The molecule has 4 aliphatic rings. The van der Waals surface area contributed by atoms with Crippen molar-refractivity contribution in [3.63, 3.8) is 0 Å². The molecule has 8 heteroatoms. The van der Waals surface area contributed by atoms with E-state index in [0.29, 0.717) is 48.2 Å². The highest BCUT2D eigenvalue weighted by Crippen LogP contribution is 2.68. The maximum atomic E-state index is 12.7. The Morgan fingerprint density at radius 1 is 1.15 bits per heavy atom.